The highest BCUT2D eigenvalue weighted by Crippen LogP contribution is 2.23. The molecule has 0 saturated carbocycles. The average Bonchev–Trinajstić information content (AvgIpc) is 3.02. The molecule has 5 nitrogen and oxygen atoms in total. The van der Waals surface area contributed by atoms with Crippen molar-refractivity contribution in [3.63, 3.8) is 0 Å². The molecule has 0 aliphatic carbocycles. The lowest BCUT2D eigenvalue weighted by molar-refractivity contribution is -0.118. The van der Waals surface area contributed by atoms with Crippen LogP contribution in [0.5, 0.6) is 0 Å². The van der Waals surface area contributed by atoms with E-state index in [0.717, 1.165) is 22.7 Å². The van der Waals surface area contributed by atoms with Crippen LogP contribution in [0.1, 0.15) is 31.9 Å². The van der Waals surface area contributed by atoms with Crippen LogP contribution < -0.4 is 5.32 Å². The largest absolute Gasteiger partial charge is 0.392 e. The summed E-state index contributed by atoms with van der Waals surface area (Å²) >= 11 is 1.45. The lowest BCUT2D eigenvalue weighted by atomic mass is 10.1. The first-order valence-electron chi connectivity index (χ1n) is 8.02. The fourth-order valence-electron chi connectivity index (χ4n) is 2.25. The van der Waals surface area contributed by atoms with Gasteiger partial charge >= 0.3 is 0 Å². The molecule has 0 aliphatic rings. The number of rotatable bonds is 7. The summed E-state index contributed by atoms with van der Waals surface area (Å²) in [6.07, 6.45) is 4.48. The number of benzene rings is 1. The van der Waals surface area contributed by atoms with Crippen LogP contribution in [0, 0.1) is 0 Å². The number of aliphatic hydroxyl groups excluding tert-OH is 1. The Labute approximate surface area is 147 Å². The third-order valence-electron chi connectivity index (χ3n) is 3.60. The van der Waals surface area contributed by atoms with Crippen molar-refractivity contribution in [3.8, 4) is 0 Å². The Hall–Kier alpha value is -1.79. The van der Waals surface area contributed by atoms with E-state index in [1.807, 2.05) is 30.5 Å². The van der Waals surface area contributed by atoms with Gasteiger partial charge in [0, 0.05) is 24.5 Å². The number of nitrogens with one attached hydrogen (secondary N) is 1. The van der Waals surface area contributed by atoms with E-state index in [9.17, 15) is 4.79 Å². The minimum absolute atomic E-state index is 0.00966. The first-order chi connectivity index (χ1) is 11.4. The maximum Gasteiger partial charge on any atom is 0.230 e. The standard InChI is InChI=1S/C18H25N3O2S/c1-18(2,3)21-11-10-20-17(21)24-13-16(23)19-9-8-14-4-6-15(12-22)7-5-14/h4-7,10-11,22H,8-9,12-13H2,1-3H3,(H,19,23). The molecule has 1 aromatic heterocycles. The van der Waals surface area contributed by atoms with Crippen molar-refractivity contribution in [2.45, 2.75) is 44.5 Å². The summed E-state index contributed by atoms with van der Waals surface area (Å²) in [5.41, 5.74) is 1.99. The quantitative estimate of drug-likeness (QED) is 0.756. The zero-order valence-electron chi connectivity index (χ0n) is 14.5. The summed E-state index contributed by atoms with van der Waals surface area (Å²) in [6.45, 7) is 6.99. The number of imidazole rings is 1. The number of hydrogen-bond donors (Lipinski definition) is 2. The Balaban J connectivity index is 1.75. The van der Waals surface area contributed by atoms with E-state index in [0.29, 0.717) is 12.3 Å². The minimum Gasteiger partial charge on any atom is -0.392 e. The van der Waals surface area contributed by atoms with Crippen LogP contribution in [0.3, 0.4) is 0 Å². The second-order valence-electron chi connectivity index (χ2n) is 6.61. The fraction of sp³-hybridized carbons (Fsp3) is 0.444. The van der Waals surface area contributed by atoms with Gasteiger partial charge in [-0.1, -0.05) is 36.0 Å². The molecule has 1 heterocycles. The van der Waals surface area contributed by atoms with E-state index in [2.05, 4.69) is 35.6 Å². The zero-order valence-corrected chi connectivity index (χ0v) is 15.3. The molecule has 0 bridgehead atoms. The van der Waals surface area contributed by atoms with Gasteiger partial charge < -0.3 is 15.0 Å². The highest BCUT2D eigenvalue weighted by Gasteiger charge is 2.17. The van der Waals surface area contributed by atoms with Gasteiger partial charge in [-0.05, 0) is 38.3 Å². The highest BCUT2D eigenvalue weighted by atomic mass is 32.2. The van der Waals surface area contributed by atoms with Gasteiger partial charge in [0.2, 0.25) is 5.91 Å². The molecule has 0 fully saturated rings. The predicted octanol–water partition coefficient (Wildman–Crippen LogP) is 2.58. The topological polar surface area (TPSA) is 67.2 Å². The van der Waals surface area contributed by atoms with E-state index in [1.54, 1.807) is 6.20 Å². The van der Waals surface area contributed by atoms with Crippen molar-refractivity contribution in [3.05, 3.63) is 47.8 Å². The van der Waals surface area contributed by atoms with Crippen molar-refractivity contribution in [2.24, 2.45) is 0 Å². The van der Waals surface area contributed by atoms with Crippen LogP contribution in [0.2, 0.25) is 0 Å². The Morgan fingerprint density at radius 1 is 1.25 bits per heavy atom. The molecule has 0 spiro atoms. The second-order valence-corrected chi connectivity index (χ2v) is 7.56. The number of carbonyl (C=O) groups excluding carboxylic acids is 1. The van der Waals surface area contributed by atoms with Gasteiger partial charge in [0.15, 0.2) is 5.16 Å². The monoisotopic (exact) mass is 347 g/mol. The lowest BCUT2D eigenvalue weighted by Gasteiger charge is -2.22. The second kappa shape index (κ2) is 8.35. The SMILES string of the molecule is CC(C)(C)n1ccnc1SCC(=O)NCCc1ccc(CO)cc1. The van der Waals surface area contributed by atoms with Gasteiger partial charge in [-0.2, -0.15) is 0 Å². The zero-order chi connectivity index (χ0) is 17.6. The Bertz CT molecular complexity index is 660. The van der Waals surface area contributed by atoms with Gasteiger partial charge in [0.05, 0.1) is 12.4 Å². The maximum absolute atomic E-state index is 12.0. The molecule has 1 aromatic carbocycles. The molecule has 0 unspecified atom stereocenters. The molecule has 2 rings (SSSR count). The lowest BCUT2D eigenvalue weighted by Crippen LogP contribution is -2.28. The molecule has 0 saturated heterocycles. The first kappa shape index (κ1) is 18.5. The third-order valence-corrected chi connectivity index (χ3v) is 4.57. The summed E-state index contributed by atoms with van der Waals surface area (Å²) < 4.78 is 2.08. The summed E-state index contributed by atoms with van der Waals surface area (Å²) in [5, 5.41) is 12.8. The molecule has 24 heavy (non-hydrogen) atoms. The normalized spacial score (nSPS) is 11.5. The van der Waals surface area contributed by atoms with Gasteiger partial charge in [-0.25, -0.2) is 4.98 Å². The van der Waals surface area contributed by atoms with Crippen molar-refractivity contribution in [1.29, 1.82) is 0 Å². The number of aromatic nitrogens is 2. The maximum atomic E-state index is 12.0. The van der Waals surface area contributed by atoms with Crippen LogP contribution in [0.4, 0.5) is 0 Å². The number of carbonyl (C=O) groups is 1. The Kier molecular flexibility index (Phi) is 6.45. The van der Waals surface area contributed by atoms with Crippen LogP contribution in [-0.4, -0.2) is 32.9 Å². The molecule has 0 radical (unpaired) electrons. The van der Waals surface area contributed by atoms with Gasteiger partial charge in [0.1, 0.15) is 0 Å². The Morgan fingerprint density at radius 2 is 1.92 bits per heavy atom. The van der Waals surface area contributed by atoms with Crippen molar-refractivity contribution in [2.75, 3.05) is 12.3 Å². The molecule has 1 amide bonds. The number of hydrogen-bond acceptors (Lipinski definition) is 4. The van der Waals surface area contributed by atoms with E-state index in [-0.39, 0.29) is 18.1 Å². The van der Waals surface area contributed by atoms with Gasteiger partial charge in [0.25, 0.3) is 0 Å². The molecule has 0 aliphatic heterocycles. The predicted molar refractivity (Wildman–Crippen MR) is 97.0 cm³/mol. The summed E-state index contributed by atoms with van der Waals surface area (Å²) in [6, 6.07) is 7.76. The van der Waals surface area contributed by atoms with E-state index in [4.69, 9.17) is 5.11 Å². The number of thioether (sulfide) groups is 1. The third kappa shape index (κ3) is 5.39. The van der Waals surface area contributed by atoms with Crippen molar-refractivity contribution in [1.82, 2.24) is 14.9 Å². The number of aliphatic hydroxyl groups is 1. The van der Waals surface area contributed by atoms with E-state index in [1.165, 1.54) is 11.8 Å². The average molecular weight is 347 g/mol. The Morgan fingerprint density at radius 3 is 2.54 bits per heavy atom. The summed E-state index contributed by atoms with van der Waals surface area (Å²) in [7, 11) is 0. The molecule has 6 heteroatoms. The molecule has 2 aromatic rings. The van der Waals surface area contributed by atoms with E-state index < -0.39 is 0 Å². The number of amides is 1. The molecule has 2 N–H and O–H groups in total. The van der Waals surface area contributed by atoms with Crippen LogP contribution in [0.25, 0.3) is 0 Å². The summed E-state index contributed by atoms with van der Waals surface area (Å²) in [5.74, 6) is 0.367. The van der Waals surface area contributed by atoms with Gasteiger partial charge in [-0.3, -0.25) is 4.79 Å². The van der Waals surface area contributed by atoms with Crippen LogP contribution in [0.15, 0.2) is 41.8 Å². The fourth-order valence-corrected chi connectivity index (χ4v) is 3.22. The molecular formula is C18H25N3O2S. The van der Waals surface area contributed by atoms with Crippen molar-refractivity contribution < 1.29 is 9.90 Å². The highest BCUT2D eigenvalue weighted by molar-refractivity contribution is 7.99. The molecule has 130 valence electrons. The number of nitrogens with zero attached hydrogens (tertiary/aromatic N) is 2. The smallest absolute Gasteiger partial charge is 0.230 e. The van der Waals surface area contributed by atoms with E-state index >= 15 is 0 Å². The molecular weight excluding hydrogens is 322 g/mol. The van der Waals surface area contributed by atoms with Crippen molar-refractivity contribution >= 4 is 17.7 Å². The van der Waals surface area contributed by atoms with Gasteiger partial charge in [-0.15, -0.1) is 0 Å². The summed E-state index contributed by atoms with van der Waals surface area (Å²) in [4.78, 5) is 16.3. The first-order valence-corrected chi connectivity index (χ1v) is 9.00. The van der Waals surface area contributed by atoms with Crippen LogP contribution in [-0.2, 0) is 23.4 Å². The minimum atomic E-state index is -0.0456. The van der Waals surface area contributed by atoms with Crippen LogP contribution >= 0.6 is 11.8 Å². The molecule has 0 atom stereocenters.